The average Bonchev–Trinajstić information content (AvgIpc) is 2.77. The van der Waals surface area contributed by atoms with Gasteiger partial charge in [-0.3, -0.25) is 4.98 Å². The monoisotopic (exact) mass is 356 g/mol. The van der Waals surface area contributed by atoms with Gasteiger partial charge in [-0.2, -0.15) is 0 Å². The summed E-state index contributed by atoms with van der Waals surface area (Å²) in [4.78, 5) is 9.50. The molecule has 0 amide bonds. The summed E-state index contributed by atoms with van der Waals surface area (Å²) in [6, 6.07) is 31.8. The number of nitrogens with zero attached hydrogens (tertiary/aromatic N) is 2. The molecule has 130 valence electrons. The maximum absolute atomic E-state index is 4.86. The second-order valence-electron chi connectivity index (χ2n) is 7.13. The largest absolute Gasteiger partial charge is 0.256 e. The minimum absolute atomic E-state index is 1.02. The molecule has 2 aromatic heterocycles. The highest BCUT2D eigenvalue weighted by Gasteiger charge is 2.09. The summed E-state index contributed by atoms with van der Waals surface area (Å²) in [5.74, 6) is 0. The number of rotatable bonds is 1. The lowest BCUT2D eigenvalue weighted by molar-refractivity contribution is 1.44. The first-order chi connectivity index (χ1) is 13.9. The van der Waals surface area contributed by atoms with Crippen LogP contribution in [0.1, 0.15) is 0 Å². The van der Waals surface area contributed by atoms with Gasteiger partial charge >= 0.3 is 0 Å². The van der Waals surface area contributed by atoms with Crippen LogP contribution in [-0.2, 0) is 0 Å². The summed E-state index contributed by atoms with van der Waals surface area (Å²) < 4.78 is 0. The summed E-state index contributed by atoms with van der Waals surface area (Å²) in [7, 11) is 0. The van der Waals surface area contributed by atoms with Gasteiger partial charge in [-0.15, -0.1) is 0 Å². The van der Waals surface area contributed by atoms with E-state index in [2.05, 4.69) is 89.9 Å². The van der Waals surface area contributed by atoms with E-state index >= 15 is 0 Å². The van der Waals surface area contributed by atoms with E-state index in [0.29, 0.717) is 0 Å². The zero-order chi connectivity index (χ0) is 18.5. The highest BCUT2D eigenvalue weighted by Crippen LogP contribution is 2.33. The molecule has 0 spiro atoms. The molecule has 0 N–H and O–H groups in total. The van der Waals surface area contributed by atoms with E-state index < -0.39 is 0 Å². The molecule has 0 aliphatic rings. The molecule has 0 saturated carbocycles. The lowest BCUT2D eigenvalue weighted by atomic mass is 9.96. The number of aromatic nitrogens is 2. The Bertz CT molecular complexity index is 1520. The van der Waals surface area contributed by atoms with Crippen LogP contribution in [0, 0.1) is 0 Å². The van der Waals surface area contributed by atoms with Gasteiger partial charge in [0, 0.05) is 27.7 Å². The van der Waals surface area contributed by atoms with Crippen molar-refractivity contribution in [1.29, 1.82) is 0 Å². The molecule has 0 saturated heterocycles. The Morgan fingerprint density at radius 1 is 0.500 bits per heavy atom. The van der Waals surface area contributed by atoms with Gasteiger partial charge in [0.1, 0.15) is 0 Å². The molecule has 0 aliphatic carbocycles. The first-order valence-electron chi connectivity index (χ1n) is 9.43. The molecule has 0 aliphatic heterocycles. The van der Waals surface area contributed by atoms with E-state index in [-0.39, 0.29) is 0 Å². The third kappa shape index (κ3) is 2.28. The molecule has 4 aromatic carbocycles. The molecule has 2 heterocycles. The standard InChI is InChI=1S/C26H16N2/c1-3-8-21-19(7-1)16-27-25-13-12-17(14-22(21)25)20-9-5-11-26-23(20)15-18-6-2-4-10-24(18)28-26/h1-16H. The number of hydrogen-bond acceptors (Lipinski definition) is 2. The quantitative estimate of drug-likeness (QED) is 0.240. The van der Waals surface area contributed by atoms with E-state index in [1.165, 1.54) is 27.3 Å². The average molecular weight is 356 g/mol. The van der Waals surface area contributed by atoms with Crippen molar-refractivity contribution >= 4 is 43.5 Å². The molecule has 0 fully saturated rings. The van der Waals surface area contributed by atoms with Crippen LogP contribution in [0.4, 0.5) is 0 Å². The molecule has 0 radical (unpaired) electrons. The minimum atomic E-state index is 1.02. The number of benzene rings is 4. The topological polar surface area (TPSA) is 25.8 Å². The first-order valence-corrected chi connectivity index (χ1v) is 9.43. The third-order valence-corrected chi connectivity index (χ3v) is 5.46. The zero-order valence-corrected chi connectivity index (χ0v) is 15.1. The van der Waals surface area contributed by atoms with Crippen molar-refractivity contribution in [3.05, 3.63) is 97.2 Å². The van der Waals surface area contributed by atoms with Crippen LogP contribution in [0.5, 0.6) is 0 Å². The highest BCUT2D eigenvalue weighted by atomic mass is 14.7. The van der Waals surface area contributed by atoms with Crippen LogP contribution in [-0.4, -0.2) is 9.97 Å². The highest BCUT2D eigenvalue weighted by molar-refractivity contribution is 6.08. The molecule has 0 atom stereocenters. The summed E-state index contributed by atoms with van der Waals surface area (Å²) >= 11 is 0. The van der Waals surface area contributed by atoms with Crippen molar-refractivity contribution in [3.8, 4) is 11.1 Å². The smallest absolute Gasteiger partial charge is 0.0715 e. The van der Waals surface area contributed by atoms with Crippen LogP contribution >= 0.6 is 0 Å². The van der Waals surface area contributed by atoms with Gasteiger partial charge in [0.25, 0.3) is 0 Å². The molecule has 6 aromatic rings. The molecule has 6 rings (SSSR count). The second kappa shape index (κ2) is 5.86. The number of fused-ring (bicyclic) bond motifs is 5. The van der Waals surface area contributed by atoms with Gasteiger partial charge in [0.15, 0.2) is 0 Å². The lowest BCUT2D eigenvalue weighted by Crippen LogP contribution is -1.87. The summed E-state index contributed by atoms with van der Waals surface area (Å²) in [5, 5.41) is 5.92. The molecule has 2 heteroatoms. The van der Waals surface area contributed by atoms with Crippen LogP contribution in [0.25, 0.3) is 54.6 Å². The predicted molar refractivity (Wildman–Crippen MR) is 117 cm³/mol. The van der Waals surface area contributed by atoms with Gasteiger partial charge in [-0.05, 0) is 46.8 Å². The number of pyridine rings is 2. The molecule has 2 nitrogen and oxygen atoms in total. The fourth-order valence-electron chi connectivity index (χ4n) is 4.08. The fourth-order valence-corrected chi connectivity index (χ4v) is 4.08. The van der Waals surface area contributed by atoms with E-state index in [9.17, 15) is 0 Å². The van der Waals surface area contributed by atoms with Crippen molar-refractivity contribution < 1.29 is 0 Å². The number of hydrogen-bond donors (Lipinski definition) is 0. The molecule has 0 bridgehead atoms. The van der Waals surface area contributed by atoms with Crippen LogP contribution in [0.2, 0.25) is 0 Å². The second-order valence-corrected chi connectivity index (χ2v) is 7.13. The normalized spacial score (nSPS) is 11.6. The van der Waals surface area contributed by atoms with Gasteiger partial charge in [0.2, 0.25) is 0 Å². The Kier molecular flexibility index (Phi) is 3.20. The molecule has 28 heavy (non-hydrogen) atoms. The number of para-hydroxylation sites is 1. The van der Waals surface area contributed by atoms with Gasteiger partial charge in [-0.1, -0.05) is 60.7 Å². The van der Waals surface area contributed by atoms with E-state index in [1.807, 2.05) is 12.3 Å². The summed E-state index contributed by atoms with van der Waals surface area (Å²) in [6.07, 6.45) is 1.95. The van der Waals surface area contributed by atoms with E-state index in [4.69, 9.17) is 4.98 Å². The van der Waals surface area contributed by atoms with Crippen molar-refractivity contribution in [2.45, 2.75) is 0 Å². The van der Waals surface area contributed by atoms with Gasteiger partial charge in [0.05, 0.1) is 16.6 Å². The third-order valence-electron chi connectivity index (χ3n) is 5.46. The Morgan fingerprint density at radius 3 is 2.29 bits per heavy atom. The van der Waals surface area contributed by atoms with Crippen molar-refractivity contribution in [1.82, 2.24) is 9.97 Å². The summed E-state index contributed by atoms with van der Waals surface area (Å²) in [6.45, 7) is 0. The van der Waals surface area contributed by atoms with Crippen LogP contribution < -0.4 is 0 Å². The van der Waals surface area contributed by atoms with Crippen LogP contribution in [0.3, 0.4) is 0 Å². The molecular weight excluding hydrogens is 340 g/mol. The Labute approximate surface area is 162 Å². The molecular formula is C26H16N2. The fraction of sp³-hybridized carbons (Fsp3) is 0. The van der Waals surface area contributed by atoms with Crippen molar-refractivity contribution in [3.63, 3.8) is 0 Å². The SMILES string of the molecule is c1ccc2nc3cccc(-c4ccc5ncc6ccccc6c5c4)c3cc2c1. The Balaban J connectivity index is 1.67. The summed E-state index contributed by atoms with van der Waals surface area (Å²) in [5.41, 5.74) is 5.46. The maximum atomic E-state index is 4.86. The first kappa shape index (κ1) is 15.3. The van der Waals surface area contributed by atoms with Gasteiger partial charge in [-0.25, -0.2) is 4.98 Å². The van der Waals surface area contributed by atoms with Crippen molar-refractivity contribution in [2.24, 2.45) is 0 Å². The van der Waals surface area contributed by atoms with Crippen LogP contribution in [0.15, 0.2) is 97.2 Å². The molecule has 0 unspecified atom stereocenters. The Hall–Kier alpha value is -3.78. The van der Waals surface area contributed by atoms with Crippen molar-refractivity contribution in [2.75, 3.05) is 0 Å². The Morgan fingerprint density at radius 2 is 1.32 bits per heavy atom. The predicted octanol–water partition coefficient (Wildman–Crippen LogP) is 6.76. The van der Waals surface area contributed by atoms with Gasteiger partial charge < -0.3 is 0 Å². The minimum Gasteiger partial charge on any atom is -0.256 e. The maximum Gasteiger partial charge on any atom is 0.0715 e. The van der Waals surface area contributed by atoms with E-state index in [0.717, 1.165) is 27.3 Å². The zero-order valence-electron chi connectivity index (χ0n) is 15.1. The van der Waals surface area contributed by atoms with E-state index in [1.54, 1.807) is 0 Å². The lowest BCUT2D eigenvalue weighted by Gasteiger charge is -2.10.